The number of allylic oxidation sites excluding steroid dienone is 1. The van der Waals surface area contributed by atoms with Crippen LogP contribution in [-0.4, -0.2) is 27.3 Å². The number of hydrogen-bond acceptors (Lipinski definition) is 4. The van der Waals surface area contributed by atoms with Gasteiger partial charge in [-0.1, -0.05) is 30.3 Å². The smallest absolute Gasteiger partial charge is 0.226 e. The van der Waals surface area contributed by atoms with Gasteiger partial charge in [-0.25, -0.2) is 9.97 Å². The number of aromatic nitrogens is 3. The van der Waals surface area contributed by atoms with Crippen molar-refractivity contribution in [3.8, 4) is 5.88 Å². The fourth-order valence-electron chi connectivity index (χ4n) is 2.32. The summed E-state index contributed by atoms with van der Waals surface area (Å²) in [6.45, 7) is 2.04. The predicted octanol–water partition coefficient (Wildman–Crippen LogP) is 3.18. The number of carbonyl (C=O) groups is 1. The highest BCUT2D eigenvalue weighted by atomic mass is 16.5. The number of aromatic amines is 1. The number of fused-ring (bicyclic) bond motifs is 1. The number of H-pyrrole nitrogens is 1. The van der Waals surface area contributed by atoms with Crippen LogP contribution in [0.5, 0.6) is 5.88 Å². The van der Waals surface area contributed by atoms with Crippen LogP contribution in [0.1, 0.15) is 18.1 Å². The van der Waals surface area contributed by atoms with Crippen LogP contribution in [-0.2, 0) is 11.2 Å². The Hall–Kier alpha value is -2.95. The first-order chi connectivity index (χ1) is 11.2. The van der Waals surface area contributed by atoms with E-state index in [0.717, 1.165) is 17.4 Å². The topological polar surface area (TPSA) is 67.9 Å². The quantitative estimate of drug-likeness (QED) is 0.710. The zero-order valence-corrected chi connectivity index (χ0v) is 12.8. The minimum Gasteiger partial charge on any atom is -0.477 e. The number of carbonyl (C=O) groups excluding carboxylic acids is 1. The van der Waals surface area contributed by atoms with Crippen LogP contribution in [0.2, 0.25) is 0 Å². The molecule has 0 aliphatic rings. The van der Waals surface area contributed by atoms with Gasteiger partial charge in [0.1, 0.15) is 12.0 Å². The van der Waals surface area contributed by atoms with E-state index in [-0.39, 0.29) is 5.78 Å². The third-order valence-corrected chi connectivity index (χ3v) is 3.44. The summed E-state index contributed by atoms with van der Waals surface area (Å²) in [5.74, 6) is 0.512. The summed E-state index contributed by atoms with van der Waals surface area (Å²) < 4.78 is 5.84. The van der Waals surface area contributed by atoms with E-state index in [9.17, 15) is 4.79 Å². The minimum atomic E-state index is -0.0113. The second-order valence-corrected chi connectivity index (χ2v) is 5.17. The zero-order valence-electron chi connectivity index (χ0n) is 12.8. The number of ether oxygens (including phenoxy) is 1. The Morgan fingerprint density at radius 1 is 1.26 bits per heavy atom. The molecule has 2 heterocycles. The summed E-state index contributed by atoms with van der Waals surface area (Å²) in [5, 5.41) is 0.790. The van der Waals surface area contributed by atoms with Crippen molar-refractivity contribution >= 4 is 22.9 Å². The van der Waals surface area contributed by atoms with Gasteiger partial charge in [-0.05, 0) is 24.6 Å². The van der Waals surface area contributed by atoms with Crippen LogP contribution in [0.4, 0.5) is 0 Å². The van der Waals surface area contributed by atoms with Crippen LogP contribution in [0, 0.1) is 0 Å². The number of benzene rings is 1. The Morgan fingerprint density at radius 2 is 2.09 bits per heavy atom. The van der Waals surface area contributed by atoms with Crippen LogP contribution in [0.3, 0.4) is 0 Å². The standard InChI is InChI=1S/C18H17N3O2/c1-13(22)7-8-15-11-19-17-16(15)18(21-12-20-17)23-10-9-14-5-3-2-4-6-14/h2-8,11-12H,9-10H2,1H3,(H,19,20,21). The molecule has 3 rings (SSSR count). The molecular weight excluding hydrogens is 290 g/mol. The molecular formula is C18H17N3O2. The Morgan fingerprint density at radius 3 is 2.87 bits per heavy atom. The zero-order chi connectivity index (χ0) is 16.1. The largest absolute Gasteiger partial charge is 0.477 e. The molecule has 0 radical (unpaired) electrons. The van der Waals surface area contributed by atoms with Gasteiger partial charge in [0.05, 0.1) is 12.0 Å². The molecule has 0 saturated carbocycles. The van der Waals surface area contributed by atoms with Gasteiger partial charge >= 0.3 is 0 Å². The normalized spacial score (nSPS) is 11.2. The van der Waals surface area contributed by atoms with Gasteiger partial charge in [0.25, 0.3) is 0 Å². The highest BCUT2D eigenvalue weighted by molar-refractivity contribution is 5.96. The lowest BCUT2D eigenvalue weighted by molar-refractivity contribution is -0.112. The number of nitrogens with zero attached hydrogens (tertiary/aromatic N) is 2. The maximum Gasteiger partial charge on any atom is 0.226 e. The first-order valence-electron chi connectivity index (χ1n) is 7.41. The van der Waals surface area contributed by atoms with E-state index in [1.807, 2.05) is 18.2 Å². The molecule has 1 aromatic carbocycles. The summed E-state index contributed by atoms with van der Waals surface area (Å²) in [4.78, 5) is 22.6. The van der Waals surface area contributed by atoms with Crippen molar-refractivity contribution in [1.29, 1.82) is 0 Å². The molecule has 0 atom stereocenters. The second-order valence-electron chi connectivity index (χ2n) is 5.17. The van der Waals surface area contributed by atoms with Crippen molar-refractivity contribution in [2.45, 2.75) is 13.3 Å². The van der Waals surface area contributed by atoms with Crippen LogP contribution in [0.25, 0.3) is 17.1 Å². The molecule has 0 aliphatic heterocycles. The van der Waals surface area contributed by atoms with E-state index in [1.54, 1.807) is 12.3 Å². The van der Waals surface area contributed by atoms with Gasteiger partial charge < -0.3 is 9.72 Å². The predicted molar refractivity (Wildman–Crippen MR) is 89.2 cm³/mol. The molecule has 0 bridgehead atoms. The maximum atomic E-state index is 11.1. The molecule has 0 fully saturated rings. The molecule has 1 N–H and O–H groups in total. The molecule has 2 aromatic heterocycles. The van der Waals surface area contributed by atoms with E-state index < -0.39 is 0 Å². The average molecular weight is 307 g/mol. The van der Waals surface area contributed by atoms with E-state index in [4.69, 9.17) is 4.74 Å². The Kier molecular flexibility index (Phi) is 4.47. The van der Waals surface area contributed by atoms with Crippen molar-refractivity contribution in [3.63, 3.8) is 0 Å². The molecule has 0 saturated heterocycles. The molecule has 0 amide bonds. The van der Waals surface area contributed by atoms with Crippen molar-refractivity contribution in [1.82, 2.24) is 15.0 Å². The molecule has 3 aromatic rings. The number of ketones is 1. The summed E-state index contributed by atoms with van der Waals surface area (Å²) in [5.41, 5.74) is 2.74. The van der Waals surface area contributed by atoms with Gasteiger partial charge in [-0.15, -0.1) is 0 Å². The van der Waals surface area contributed by atoms with Gasteiger partial charge in [0.15, 0.2) is 5.78 Å². The highest BCUT2D eigenvalue weighted by Gasteiger charge is 2.10. The van der Waals surface area contributed by atoms with Crippen molar-refractivity contribution in [2.75, 3.05) is 6.61 Å². The second kappa shape index (κ2) is 6.87. The van der Waals surface area contributed by atoms with E-state index in [1.165, 1.54) is 24.9 Å². The molecule has 0 unspecified atom stereocenters. The van der Waals surface area contributed by atoms with Crippen LogP contribution in [0.15, 0.2) is 48.9 Å². The van der Waals surface area contributed by atoms with Gasteiger partial charge in [-0.2, -0.15) is 0 Å². The summed E-state index contributed by atoms with van der Waals surface area (Å²) in [7, 11) is 0. The van der Waals surface area contributed by atoms with E-state index >= 15 is 0 Å². The monoisotopic (exact) mass is 307 g/mol. The third-order valence-electron chi connectivity index (χ3n) is 3.44. The summed E-state index contributed by atoms with van der Waals surface area (Å²) in [6, 6.07) is 10.1. The average Bonchev–Trinajstić information content (AvgIpc) is 2.98. The number of rotatable bonds is 6. The van der Waals surface area contributed by atoms with Gasteiger partial charge in [0.2, 0.25) is 5.88 Å². The van der Waals surface area contributed by atoms with E-state index in [0.29, 0.717) is 18.1 Å². The molecule has 23 heavy (non-hydrogen) atoms. The van der Waals surface area contributed by atoms with Gasteiger partial charge in [-0.3, -0.25) is 4.79 Å². The third kappa shape index (κ3) is 3.63. The van der Waals surface area contributed by atoms with Crippen LogP contribution < -0.4 is 4.74 Å². The molecule has 0 aliphatic carbocycles. The van der Waals surface area contributed by atoms with Crippen molar-refractivity contribution in [3.05, 3.63) is 60.1 Å². The molecule has 5 heteroatoms. The summed E-state index contributed by atoms with van der Waals surface area (Å²) >= 11 is 0. The lowest BCUT2D eigenvalue weighted by Crippen LogP contribution is -2.03. The lowest BCUT2D eigenvalue weighted by atomic mass is 10.2. The SMILES string of the molecule is CC(=O)C=Cc1c[nH]c2ncnc(OCCc3ccccc3)c12. The number of hydrogen-bond donors (Lipinski definition) is 1. The minimum absolute atomic E-state index is 0.0113. The Bertz CT molecular complexity index is 838. The Balaban J connectivity index is 1.80. The number of nitrogens with one attached hydrogen (secondary N) is 1. The maximum absolute atomic E-state index is 11.1. The highest BCUT2D eigenvalue weighted by Crippen LogP contribution is 2.26. The first-order valence-corrected chi connectivity index (χ1v) is 7.41. The lowest BCUT2D eigenvalue weighted by Gasteiger charge is -2.06. The molecule has 5 nitrogen and oxygen atoms in total. The van der Waals surface area contributed by atoms with Crippen LogP contribution >= 0.6 is 0 Å². The molecule has 0 spiro atoms. The van der Waals surface area contributed by atoms with Crippen molar-refractivity contribution < 1.29 is 9.53 Å². The fraction of sp³-hybridized carbons (Fsp3) is 0.167. The van der Waals surface area contributed by atoms with Crippen molar-refractivity contribution in [2.24, 2.45) is 0 Å². The fourth-order valence-corrected chi connectivity index (χ4v) is 2.32. The van der Waals surface area contributed by atoms with Gasteiger partial charge in [0, 0.05) is 18.2 Å². The van der Waals surface area contributed by atoms with E-state index in [2.05, 4.69) is 27.1 Å². The Labute approximate surface area is 134 Å². The first kappa shape index (κ1) is 15.0. The molecule has 116 valence electrons. The summed E-state index contributed by atoms with van der Waals surface area (Å²) in [6.07, 6.45) is 7.32.